The van der Waals surface area contributed by atoms with Crippen molar-refractivity contribution in [3.8, 4) is 5.75 Å². The smallest absolute Gasteiger partial charge is 0.119 e. The van der Waals surface area contributed by atoms with E-state index in [2.05, 4.69) is 29.2 Å². The van der Waals surface area contributed by atoms with Crippen molar-refractivity contribution >= 4 is 5.69 Å². The number of methoxy groups -OCH3 is 1. The van der Waals surface area contributed by atoms with Gasteiger partial charge in [-0.2, -0.15) is 0 Å². The van der Waals surface area contributed by atoms with E-state index in [0.29, 0.717) is 6.04 Å². The molecule has 1 fully saturated rings. The summed E-state index contributed by atoms with van der Waals surface area (Å²) in [5.41, 5.74) is 7.03. The third-order valence-corrected chi connectivity index (χ3v) is 4.27. The Morgan fingerprint density at radius 3 is 2.30 bits per heavy atom. The largest absolute Gasteiger partial charge is 0.497 e. The van der Waals surface area contributed by atoms with Gasteiger partial charge in [0.05, 0.1) is 7.11 Å². The minimum absolute atomic E-state index is 0.678. The summed E-state index contributed by atoms with van der Waals surface area (Å²) >= 11 is 0. The molecule has 0 aromatic heterocycles. The molecule has 2 rings (SSSR count). The highest BCUT2D eigenvalue weighted by Crippen LogP contribution is 2.28. The van der Waals surface area contributed by atoms with E-state index in [1.54, 1.807) is 7.11 Å². The molecule has 0 unspecified atom stereocenters. The molecule has 0 bridgehead atoms. The normalized spacial score (nSPS) is 16.7. The first-order chi connectivity index (χ1) is 9.85. The van der Waals surface area contributed by atoms with Crippen LogP contribution in [0.4, 0.5) is 5.69 Å². The lowest BCUT2D eigenvalue weighted by Crippen LogP contribution is -2.36. The van der Waals surface area contributed by atoms with Crippen LogP contribution in [-0.2, 0) is 0 Å². The minimum atomic E-state index is 0.678. The van der Waals surface area contributed by atoms with Gasteiger partial charge in [-0.1, -0.05) is 25.7 Å². The van der Waals surface area contributed by atoms with Gasteiger partial charge >= 0.3 is 0 Å². The SMILES string of the molecule is COc1ccc(N(CCCN)C2CCCCCC2)cc1. The summed E-state index contributed by atoms with van der Waals surface area (Å²) in [6, 6.07) is 9.15. The number of nitrogens with zero attached hydrogens (tertiary/aromatic N) is 1. The topological polar surface area (TPSA) is 38.5 Å². The molecule has 112 valence electrons. The van der Waals surface area contributed by atoms with Crippen LogP contribution in [0.25, 0.3) is 0 Å². The van der Waals surface area contributed by atoms with E-state index in [9.17, 15) is 0 Å². The van der Waals surface area contributed by atoms with Crippen molar-refractivity contribution in [3.05, 3.63) is 24.3 Å². The molecule has 1 aromatic carbocycles. The van der Waals surface area contributed by atoms with Crippen molar-refractivity contribution < 1.29 is 4.74 Å². The Morgan fingerprint density at radius 1 is 1.10 bits per heavy atom. The van der Waals surface area contributed by atoms with Crippen LogP contribution in [0.2, 0.25) is 0 Å². The highest BCUT2D eigenvalue weighted by Gasteiger charge is 2.20. The summed E-state index contributed by atoms with van der Waals surface area (Å²) in [5, 5.41) is 0. The number of nitrogens with two attached hydrogens (primary N) is 1. The third kappa shape index (κ3) is 4.14. The van der Waals surface area contributed by atoms with E-state index in [0.717, 1.165) is 25.3 Å². The van der Waals surface area contributed by atoms with Crippen LogP contribution in [0.3, 0.4) is 0 Å². The monoisotopic (exact) mass is 276 g/mol. The van der Waals surface area contributed by atoms with Crippen LogP contribution >= 0.6 is 0 Å². The number of hydrogen-bond acceptors (Lipinski definition) is 3. The Morgan fingerprint density at radius 2 is 1.75 bits per heavy atom. The molecular formula is C17H28N2O. The number of benzene rings is 1. The summed E-state index contributed by atoms with van der Waals surface area (Å²) in [6.07, 6.45) is 9.20. The predicted molar refractivity (Wildman–Crippen MR) is 85.5 cm³/mol. The van der Waals surface area contributed by atoms with E-state index in [1.807, 2.05) is 0 Å². The molecule has 1 aliphatic carbocycles. The van der Waals surface area contributed by atoms with Crippen LogP contribution in [0.15, 0.2) is 24.3 Å². The van der Waals surface area contributed by atoms with Gasteiger partial charge in [-0.3, -0.25) is 0 Å². The van der Waals surface area contributed by atoms with Crippen molar-refractivity contribution in [2.24, 2.45) is 5.73 Å². The maximum Gasteiger partial charge on any atom is 0.119 e. The first kappa shape index (κ1) is 15.2. The summed E-state index contributed by atoms with van der Waals surface area (Å²) in [4.78, 5) is 2.57. The van der Waals surface area contributed by atoms with Crippen molar-refractivity contribution in [1.82, 2.24) is 0 Å². The van der Waals surface area contributed by atoms with E-state index >= 15 is 0 Å². The van der Waals surface area contributed by atoms with Crippen molar-refractivity contribution in [2.75, 3.05) is 25.1 Å². The van der Waals surface area contributed by atoms with Crippen LogP contribution in [-0.4, -0.2) is 26.2 Å². The molecule has 2 N–H and O–H groups in total. The molecule has 0 radical (unpaired) electrons. The Kier molecular flexibility index (Phi) is 6.19. The van der Waals surface area contributed by atoms with Gasteiger partial charge in [0.25, 0.3) is 0 Å². The van der Waals surface area contributed by atoms with E-state index in [4.69, 9.17) is 10.5 Å². The molecule has 0 atom stereocenters. The zero-order valence-corrected chi connectivity index (χ0v) is 12.7. The maximum absolute atomic E-state index is 5.71. The van der Waals surface area contributed by atoms with Gasteiger partial charge < -0.3 is 15.4 Å². The fourth-order valence-corrected chi connectivity index (χ4v) is 3.13. The molecule has 20 heavy (non-hydrogen) atoms. The van der Waals surface area contributed by atoms with E-state index < -0.39 is 0 Å². The number of rotatable bonds is 6. The molecule has 1 saturated carbocycles. The van der Waals surface area contributed by atoms with Crippen LogP contribution in [0.1, 0.15) is 44.9 Å². The molecule has 3 nitrogen and oxygen atoms in total. The highest BCUT2D eigenvalue weighted by atomic mass is 16.5. The average Bonchev–Trinajstić information content (AvgIpc) is 2.77. The molecule has 1 aromatic rings. The van der Waals surface area contributed by atoms with Gasteiger partial charge in [0.1, 0.15) is 5.75 Å². The molecule has 0 aliphatic heterocycles. The lowest BCUT2D eigenvalue weighted by Gasteiger charge is -2.33. The highest BCUT2D eigenvalue weighted by molar-refractivity contribution is 5.50. The molecule has 0 spiro atoms. The molecule has 0 saturated heterocycles. The van der Waals surface area contributed by atoms with Gasteiger partial charge in [-0.25, -0.2) is 0 Å². The van der Waals surface area contributed by atoms with Crippen molar-refractivity contribution in [2.45, 2.75) is 51.0 Å². The van der Waals surface area contributed by atoms with Gasteiger partial charge in [-0.05, 0) is 50.1 Å². The van der Waals surface area contributed by atoms with Crippen molar-refractivity contribution in [3.63, 3.8) is 0 Å². The van der Waals surface area contributed by atoms with Crippen LogP contribution in [0.5, 0.6) is 5.75 Å². The quantitative estimate of drug-likeness (QED) is 0.807. The summed E-state index contributed by atoms with van der Waals surface area (Å²) in [7, 11) is 1.71. The number of hydrogen-bond donors (Lipinski definition) is 1. The van der Waals surface area contributed by atoms with Gasteiger partial charge in [0.2, 0.25) is 0 Å². The predicted octanol–water partition coefficient (Wildman–Crippen LogP) is 3.57. The van der Waals surface area contributed by atoms with Crippen LogP contribution < -0.4 is 15.4 Å². The molecule has 1 aliphatic rings. The van der Waals surface area contributed by atoms with Crippen LogP contribution in [0, 0.1) is 0 Å². The first-order valence-electron chi connectivity index (χ1n) is 7.96. The van der Waals surface area contributed by atoms with E-state index in [-0.39, 0.29) is 0 Å². The summed E-state index contributed by atoms with van der Waals surface area (Å²) in [6.45, 7) is 1.83. The fourth-order valence-electron chi connectivity index (χ4n) is 3.13. The maximum atomic E-state index is 5.71. The van der Waals surface area contributed by atoms with E-state index in [1.165, 1.54) is 44.2 Å². The second-order valence-electron chi connectivity index (χ2n) is 5.68. The lowest BCUT2D eigenvalue weighted by atomic mass is 10.1. The second-order valence-corrected chi connectivity index (χ2v) is 5.68. The van der Waals surface area contributed by atoms with Crippen molar-refractivity contribution in [1.29, 1.82) is 0 Å². The van der Waals surface area contributed by atoms with Gasteiger partial charge in [0.15, 0.2) is 0 Å². The van der Waals surface area contributed by atoms with Gasteiger partial charge in [-0.15, -0.1) is 0 Å². The Labute approximate surface area is 123 Å². The standard InChI is InChI=1S/C17H28N2O/c1-20-17-11-9-16(10-12-17)19(14-6-13-18)15-7-4-2-3-5-8-15/h9-12,15H,2-8,13-14,18H2,1H3. The fraction of sp³-hybridized carbons (Fsp3) is 0.647. The minimum Gasteiger partial charge on any atom is -0.497 e. The Balaban J connectivity index is 2.11. The zero-order chi connectivity index (χ0) is 14.2. The summed E-state index contributed by atoms with van der Waals surface area (Å²) in [5.74, 6) is 0.924. The van der Waals surface area contributed by atoms with Gasteiger partial charge in [0, 0.05) is 18.3 Å². The average molecular weight is 276 g/mol. The zero-order valence-electron chi connectivity index (χ0n) is 12.7. The second kappa shape index (κ2) is 8.15. The first-order valence-corrected chi connectivity index (χ1v) is 7.96. The Bertz CT molecular complexity index is 369. The Hall–Kier alpha value is -1.22. The molecule has 0 amide bonds. The number of ether oxygens (including phenoxy) is 1. The molecule has 3 heteroatoms. The summed E-state index contributed by atoms with van der Waals surface area (Å²) < 4.78 is 5.26. The molecule has 0 heterocycles. The lowest BCUT2D eigenvalue weighted by molar-refractivity contribution is 0.414. The molecular weight excluding hydrogens is 248 g/mol. The number of anilines is 1. The third-order valence-electron chi connectivity index (χ3n) is 4.27.